The molecule has 5 nitrogen and oxygen atoms in total. The predicted octanol–water partition coefficient (Wildman–Crippen LogP) is 6.00. The van der Waals surface area contributed by atoms with Crippen molar-refractivity contribution in [3.63, 3.8) is 0 Å². The van der Waals surface area contributed by atoms with Crippen LogP contribution in [-0.2, 0) is 12.8 Å². The van der Waals surface area contributed by atoms with E-state index < -0.39 is 12.1 Å². The van der Waals surface area contributed by atoms with Crippen LogP contribution >= 0.6 is 11.6 Å². The average molecular weight is 439 g/mol. The lowest BCUT2D eigenvalue weighted by atomic mass is 10.1. The fraction of sp³-hybridized carbons (Fsp3) is 0.238. The lowest BCUT2D eigenvalue weighted by molar-refractivity contribution is -0.274. The summed E-state index contributed by atoms with van der Waals surface area (Å²) in [6.07, 6.45) is 0.118. The second kappa shape index (κ2) is 9.67. The summed E-state index contributed by atoms with van der Waals surface area (Å²) in [6.45, 7) is 2.43. The number of hydrogen-bond acceptors (Lipinski definition) is 5. The summed E-state index contributed by atoms with van der Waals surface area (Å²) in [5.74, 6) is 0.102. The van der Waals surface area contributed by atoms with E-state index in [-0.39, 0.29) is 10.8 Å². The second-order valence-corrected chi connectivity index (χ2v) is 6.62. The summed E-state index contributed by atoms with van der Waals surface area (Å²) in [5, 5.41) is -0.164. The number of aryl methyl sites for hydroxylation is 1. The van der Waals surface area contributed by atoms with E-state index in [1.54, 1.807) is 24.5 Å². The molecule has 3 aromatic rings. The van der Waals surface area contributed by atoms with Gasteiger partial charge in [0.05, 0.1) is 11.6 Å². The molecule has 158 valence electrons. The van der Waals surface area contributed by atoms with E-state index in [4.69, 9.17) is 21.1 Å². The van der Waals surface area contributed by atoms with Crippen molar-refractivity contribution in [2.45, 2.75) is 26.1 Å². The van der Waals surface area contributed by atoms with Gasteiger partial charge >= 0.3 is 12.4 Å². The van der Waals surface area contributed by atoms with Gasteiger partial charge in [-0.1, -0.05) is 30.7 Å². The van der Waals surface area contributed by atoms with E-state index in [9.17, 15) is 13.2 Å². The van der Waals surface area contributed by atoms with Gasteiger partial charge in [-0.2, -0.15) is 0 Å². The van der Waals surface area contributed by atoms with Crippen molar-refractivity contribution >= 4 is 11.6 Å². The first-order chi connectivity index (χ1) is 14.3. The van der Waals surface area contributed by atoms with Crippen molar-refractivity contribution in [2.75, 3.05) is 6.61 Å². The van der Waals surface area contributed by atoms with E-state index in [0.29, 0.717) is 24.8 Å². The third-order valence-corrected chi connectivity index (χ3v) is 4.31. The highest BCUT2D eigenvalue weighted by Crippen LogP contribution is 2.34. The number of benzene rings is 2. The maximum atomic E-state index is 12.4. The zero-order valence-electron chi connectivity index (χ0n) is 15.9. The van der Waals surface area contributed by atoms with Crippen LogP contribution < -0.4 is 14.2 Å². The lowest BCUT2D eigenvalue weighted by Crippen LogP contribution is -2.17. The Labute approximate surface area is 176 Å². The van der Waals surface area contributed by atoms with Gasteiger partial charge in [0.15, 0.2) is 5.75 Å². The molecule has 0 aliphatic heterocycles. The van der Waals surface area contributed by atoms with Gasteiger partial charge in [-0.3, -0.25) is 0 Å². The van der Waals surface area contributed by atoms with Crippen molar-refractivity contribution in [1.29, 1.82) is 0 Å². The Morgan fingerprint density at radius 3 is 2.23 bits per heavy atom. The summed E-state index contributed by atoms with van der Waals surface area (Å²) in [7, 11) is 0. The van der Waals surface area contributed by atoms with Gasteiger partial charge in [0.2, 0.25) is 0 Å². The molecule has 0 fully saturated rings. The first-order valence-corrected chi connectivity index (χ1v) is 9.46. The number of aromatic nitrogens is 2. The molecule has 9 heteroatoms. The standard InChI is InChI=1S/C21H18ClF3N2O3/c1-2-14-12-26-20(27-13-14)28-10-9-15-3-5-16(6-4-15)29-17-7-8-18(22)19(11-17)30-21(23,24)25/h3-8,11-13H,2,9-10H2,1H3. The molecule has 0 amide bonds. The SMILES string of the molecule is CCc1cnc(OCCc2ccc(Oc3ccc(Cl)c(OC(F)(F)F)c3)cc2)nc1. The van der Waals surface area contributed by atoms with Crippen molar-refractivity contribution in [2.24, 2.45) is 0 Å². The van der Waals surface area contributed by atoms with Crippen LogP contribution in [0, 0.1) is 0 Å². The van der Waals surface area contributed by atoms with Gasteiger partial charge in [0.1, 0.15) is 11.5 Å². The molecule has 0 radical (unpaired) electrons. The summed E-state index contributed by atoms with van der Waals surface area (Å²) in [5.41, 5.74) is 2.03. The number of hydrogen-bond donors (Lipinski definition) is 0. The summed E-state index contributed by atoms with van der Waals surface area (Å²) in [6, 6.07) is 11.2. The number of rotatable bonds is 8. The molecule has 0 unspecified atom stereocenters. The molecule has 3 rings (SSSR count). The first-order valence-electron chi connectivity index (χ1n) is 9.08. The second-order valence-electron chi connectivity index (χ2n) is 6.21. The largest absolute Gasteiger partial charge is 0.573 e. The maximum Gasteiger partial charge on any atom is 0.573 e. The van der Waals surface area contributed by atoms with Crippen LogP contribution in [-0.4, -0.2) is 22.9 Å². The smallest absolute Gasteiger partial charge is 0.463 e. The molecule has 30 heavy (non-hydrogen) atoms. The zero-order chi connectivity index (χ0) is 21.6. The van der Waals surface area contributed by atoms with E-state index in [0.717, 1.165) is 23.6 Å². The van der Waals surface area contributed by atoms with Crippen LogP contribution in [0.2, 0.25) is 5.02 Å². The molecular formula is C21H18ClF3N2O3. The quantitative estimate of drug-likeness (QED) is 0.431. The Morgan fingerprint density at radius 1 is 0.933 bits per heavy atom. The van der Waals surface area contributed by atoms with E-state index >= 15 is 0 Å². The number of ether oxygens (including phenoxy) is 3. The van der Waals surface area contributed by atoms with Crippen LogP contribution in [0.25, 0.3) is 0 Å². The van der Waals surface area contributed by atoms with Crippen molar-refractivity contribution in [1.82, 2.24) is 9.97 Å². The fourth-order valence-electron chi connectivity index (χ4n) is 2.47. The Bertz CT molecular complexity index is 965. The highest BCUT2D eigenvalue weighted by Gasteiger charge is 2.32. The molecule has 0 saturated heterocycles. The highest BCUT2D eigenvalue weighted by atomic mass is 35.5. The predicted molar refractivity (Wildman–Crippen MR) is 105 cm³/mol. The minimum absolute atomic E-state index is 0.164. The summed E-state index contributed by atoms with van der Waals surface area (Å²) < 4.78 is 52.3. The van der Waals surface area contributed by atoms with Crippen molar-refractivity contribution < 1.29 is 27.4 Å². The molecule has 0 bridgehead atoms. The minimum Gasteiger partial charge on any atom is -0.463 e. The van der Waals surface area contributed by atoms with Gasteiger partial charge in [-0.15, -0.1) is 13.2 Å². The molecule has 0 aliphatic carbocycles. The molecule has 0 atom stereocenters. The summed E-state index contributed by atoms with van der Waals surface area (Å²) in [4.78, 5) is 8.27. The topological polar surface area (TPSA) is 53.5 Å². The summed E-state index contributed by atoms with van der Waals surface area (Å²) >= 11 is 5.73. The van der Waals surface area contributed by atoms with E-state index in [2.05, 4.69) is 14.7 Å². The lowest BCUT2D eigenvalue weighted by Gasteiger charge is -2.12. The van der Waals surface area contributed by atoms with Gasteiger partial charge in [0, 0.05) is 24.9 Å². The maximum absolute atomic E-state index is 12.4. The highest BCUT2D eigenvalue weighted by molar-refractivity contribution is 6.32. The van der Waals surface area contributed by atoms with Crippen molar-refractivity contribution in [3.8, 4) is 23.3 Å². The average Bonchev–Trinajstić information content (AvgIpc) is 2.71. The van der Waals surface area contributed by atoms with Crippen LogP contribution in [0.5, 0.6) is 23.3 Å². The molecule has 1 aromatic heterocycles. The molecule has 1 heterocycles. The normalized spacial score (nSPS) is 11.2. The van der Waals surface area contributed by atoms with Crippen LogP contribution in [0.4, 0.5) is 13.2 Å². The van der Waals surface area contributed by atoms with Crippen molar-refractivity contribution in [3.05, 3.63) is 71.0 Å². The Kier molecular flexibility index (Phi) is 6.99. The number of alkyl halides is 3. The third kappa shape index (κ3) is 6.52. The zero-order valence-corrected chi connectivity index (χ0v) is 16.7. The van der Waals surface area contributed by atoms with Crippen LogP contribution in [0.1, 0.15) is 18.1 Å². The molecule has 0 spiro atoms. The molecule has 0 saturated carbocycles. The molecular weight excluding hydrogens is 421 g/mol. The van der Waals surface area contributed by atoms with Gasteiger partial charge in [-0.05, 0) is 41.8 Å². The number of halogens is 4. The molecule has 2 aromatic carbocycles. The van der Waals surface area contributed by atoms with E-state index in [1.807, 2.05) is 19.1 Å². The monoisotopic (exact) mass is 438 g/mol. The Morgan fingerprint density at radius 2 is 1.60 bits per heavy atom. The van der Waals surface area contributed by atoms with E-state index in [1.165, 1.54) is 12.1 Å². The van der Waals surface area contributed by atoms with Gasteiger partial charge < -0.3 is 14.2 Å². The van der Waals surface area contributed by atoms with Gasteiger partial charge in [0.25, 0.3) is 0 Å². The minimum atomic E-state index is -4.84. The van der Waals surface area contributed by atoms with Gasteiger partial charge in [-0.25, -0.2) is 9.97 Å². The Balaban J connectivity index is 1.54. The van der Waals surface area contributed by atoms with Crippen LogP contribution in [0.3, 0.4) is 0 Å². The molecule has 0 N–H and O–H groups in total. The fourth-order valence-corrected chi connectivity index (χ4v) is 2.63. The van der Waals surface area contributed by atoms with Crippen LogP contribution in [0.15, 0.2) is 54.9 Å². The molecule has 0 aliphatic rings. The first kappa shape index (κ1) is 21.7. The Hall–Kier alpha value is -3.00. The number of nitrogens with zero attached hydrogens (tertiary/aromatic N) is 2. The third-order valence-electron chi connectivity index (χ3n) is 4.00.